The smallest absolute Gasteiger partial charge is 0.336 e. The Bertz CT molecular complexity index is 569. The largest absolute Gasteiger partial charge is 0.478 e. The first kappa shape index (κ1) is 13.7. The lowest BCUT2D eigenvalue weighted by Gasteiger charge is -2.17. The molecule has 2 rings (SSSR count). The third-order valence-corrected chi connectivity index (χ3v) is 3.61. The number of rotatable bonds is 5. The summed E-state index contributed by atoms with van der Waals surface area (Å²) in [7, 11) is 1.91. The molecular formula is C14H14FNO2S. The van der Waals surface area contributed by atoms with Gasteiger partial charge in [-0.1, -0.05) is 12.1 Å². The van der Waals surface area contributed by atoms with E-state index < -0.39 is 11.8 Å². The lowest BCUT2D eigenvalue weighted by molar-refractivity contribution is 0.0694. The predicted molar refractivity (Wildman–Crippen MR) is 72.8 cm³/mol. The molecule has 0 aliphatic heterocycles. The first-order valence-corrected chi connectivity index (χ1v) is 6.67. The van der Waals surface area contributed by atoms with Crippen LogP contribution >= 0.6 is 11.3 Å². The van der Waals surface area contributed by atoms with Crippen molar-refractivity contribution < 1.29 is 14.3 Å². The molecule has 1 N–H and O–H groups in total. The molecule has 0 bridgehead atoms. The Hall–Kier alpha value is -1.72. The van der Waals surface area contributed by atoms with E-state index in [1.54, 1.807) is 11.3 Å². The Labute approximate surface area is 114 Å². The van der Waals surface area contributed by atoms with Crippen LogP contribution in [0.4, 0.5) is 4.39 Å². The summed E-state index contributed by atoms with van der Waals surface area (Å²) in [6.07, 6.45) is 0. The maximum Gasteiger partial charge on any atom is 0.336 e. The van der Waals surface area contributed by atoms with Crippen LogP contribution in [0.3, 0.4) is 0 Å². The van der Waals surface area contributed by atoms with Crippen LogP contribution in [0.2, 0.25) is 0 Å². The van der Waals surface area contributed by atoms with Crippen molar-refractivity contribution in [3.8, 4) is 0 Å². The van der Waals surface area contributed by atoms with Crippen LogP contribution in [0.1, 0.15) is 20.8 Å². The van der Waals surface area contributed by atoms with Gasteiger partial charge in [-0.05, 0) is 36.2 Å². The van der Waals surface area contributed by atoms with Crippen LogP contribution in [0.25, 0.3) is 0 Å². The van der Waals surface area contributed by atoms with Gasteiger partial charge in [-0.3, -0.25) is 4.90 Å². The molecule has 0 amide bonds. The lowest BCUT2D eigenvalue weighted by atomic mass is 10.1. The van der Waals surface area contributed by atoms with Gasteiger partial charge in [0, 0.05) is 18.0 Å². The summed E-state index contributed by atoms with van der Waals surface area (Å²) < 4.78 is 13.1. The zero-order valence-electron chi connectivity index (χ0n) is 10.5. The maximum absolute atomic E-state index is 13.1. The number of aromatic carboxylic acids is 1. The number of hydrogen-bond donors (Lipinski definition) is 1. The van der Waals surface area contributed by atoms with Crippen LogP contribution in [0, 0.1) is 5.82 Å². The van der Waals surface area contributed by atoms with E-state index in [0.717, 1.165) is 12.6 Å². The van der Waals surface area contributed by atoms with Crippen molar-refractivity contribution in [1.29, 1.82) is 0 Å². The minimum atomic E-state index is -1.10. The van der Waals surface area contributed by atoms with Gasteiger partial charge in [0.1, 0.15) is 5.82 Å². The van der Waals surface area contributed by atoms with Crippen molar-refractivity contribution in [1.82, 2.24) is 4.90 Å². The van der Waals surface area contributed by atoms with Gasteiger partial charge in [0.25, 0.3) is 0 Å². The van der Waals surface area contributed by atoms with E-state index in [4.69, 9.17) is 5.11 Å². The number of benzene rings is 1. The van der Waals surface area contributed by atoms with Gasteiger partial charge in [-0.25, -0.2) is 9.18 Å². The number of nitrogens with zero attached hydrogens (tertiary/aromatic N) is 1. The standard InChI is InChI=1S/C14H14FNO2S/c1-16(9-12-3-2-6-19-12)8-10-4-5-11(15)7-13(10)14(17)18/h2-7H,8-9H2,1H3,(H,17,18). The molecule has 0 saturated heterocycles. The van der Waals surface area contributed by atoms with Crippen LogP contribution in [0.5, 0.6) is 0 Å². The first-order valence-electron chi connectivity index (χ1n) is 5.79. The second-order valence-corrected chi connectivity index (χ2v) is 5.39. The summed E-state index contributed by atoms with van der Waals surface area (Å²) in [5, 5.41) is 11.1. The van der Waals surface area contributed by atoms with Crippen molar-refractivity contribution >= 4 is 17.3 Å². The third-order valence-electron chi connectivity index (χ3n) is 2.75. The molecule has 3 nitrogen and oxygen atoms in total. The highest BCUT2D eigenvalue weighted by molar-refractivity contribution is 7.09. The zero-order valence-corrected chi connectivity index (χ0v) is 11.3. The van der Waals surface area contributed by atoms with Gasteiger partial charge in [0.05, 0.1) is 5.56 Å². The van der Waals surface area contributed by atoms with E-state index >= 15 is 0 Å². The second kappa shape index (κ2) is 5.95. The predicted octanol–water partition coefficient (Wildman–Crippen LogP) is 3.22. The van der Waals surface area contributed by atoms with Crippen molar-refractivity contribution in [3.05, 3.63) is 57.5 Å². The average molecular weight is 279 g/mol. The van der Waals surface area contributed by atoms with Gasteiger partial charge in [0.15, 0.2) is 0 Å². The molecule has 0 aliphatic carbocycles. The Kier molecular flexibility index (Phi) is 4.29. The van der Waals surface area contributed by atoms with Crippen molar-refractivity contribution in [2.24, 2.45) is 0 Å². The van der Waals surface area contributed by atoms with Gasteiger partial charge in [0.2, 0.25) is 0 Å². The molecule has 0 aliphatic rings. The molecule has 0 unspecified atom stereocenters. The summed E-state index contributed by atoms with van der Waals surface area (Å²) >= 11 is 1.66. The maximum atomic E-state index is 13.1. The highest BCUT2D eigenvalue weighted by Crippen LogP contribution is 2.16. The molecule has 0 spiro atoms. The van der Waals surface area contributed by atoms with E-state index in [2.05, 4.69) is 0 Å². The summed E-state index contributed by atoms with van der Waals surface area (Å²) in [6, 6.07) is 7.90. The molecule has 0 radical (unpaired) electrons. The summed E-state index contributed by atoms with van der Waals surface area (Å²) in [6.45, 7) is 1.22. The van der Waals surface area contributed by atoms with Gasteiger partial charge < -0.3 is 5.11 Å². The monoisotopic (exact) mass is 279 g/mol. The van der Waals surface area contributed by atoms with E-state index in [1.165, 1.54) is 17.0 Å². The first-order chi connectivity index (χ1) is 9.06. The fourth-order valence-electron chi connectivity index (χ4n) is 1.90. The molecule has 1 heterocycles. The molecule has 0 saturated carbocycles. The number of carbonyl (C=O) groups is 1. The quantitative estimate of drug-likeness (QED) is 0.913. The Morgan fingerprint density at radius 1 is 1.37 bits per heavy atom. The second-order valence-electron chi connectivity index (χ2n) is 4.36. The molecule has 0 fully saturated rings. The van der Waals surface area contributed by atoms with E-state index in [9.17, 15) is 9.18 Å². The highest BCUT2D eigenvalue weighted by atomic mass is 32.1. The average Bonchev–Trinajstić information content (AvgIpc) is 2.83. The number of hydrogen-bond acceptors (Lipinski definition) is 3. The highest BCUT2D eigenvalue weighted by Gasteiger charge is 2.13. The molecule has 1 aromatic carbocycles. The lowest BCUT2D eigenvalue weighted by Crippen LogP contribution is -2.18. The third kappa shape index (κ3) is 3.62. The Morgan fingerprint density at radius 3 is 2.79 bits per heavy atom. The van der Waals surface area contributed by atoms with E-state index in [0.29, 0.717) is 12.1 Å². The van der Waals surface area contributed by atoms with Crippen LogP contribution < -0.4 is 0 Å². The van der Waals surface area contributed by atoms with Crippen LogP contribution in [0.15, 0.2) is 35.7 Å². The van der Waals surface area contributed by atoms with Crippen molar-refractivity contribution in [3.63, 3.8) is 0 Å². The molecule has 1 aromatic heterocycles. The molecule has 100 valence electrons. The Morgan fingerprint density at radius 2 is 2.16 bits per heavy atom. The van der Waals surface area contributed by atoms with Gasteiger partial charge in [-0.2, -0.15) is 0 Å². The number of halogens is 1. The molecule has 0 atom stereocenters. The fraction of sp³-hybridized carbons (Fsp3) is 0.214. The Balaban J connectivity index is 2.12. The normalized spacial score (nSPS) is 10.9. The minimum absolute atomic E-state index is 0.0260. The fourth-order valence-corrected chi connectivity index (χ4v) is 2.68. The molecule has 19 heavy (non-hydrogen) atoms. The number of carboxylic acids is 1. The molecular weight excluding hydrogens is 265 g/mol. The number of thiophene rings is 1. The van der Waals surface area contributed by atoms with Gasteiger partial charge >= 0.3 is 5.97 Å². The minimum Gasteiger partial charge on any atom is -0.478 e. The van der Waals surface area contributed by atoms with Crippen molar-refractivity contribution in [2.75, 3.05) is 7.05 Å². The summed E-state index contributed by atoms with van der Waals surface area (Å²) in [5.74, 6) is -1.62. The van der Waals surface area contributed by atoms with Crippen molar-refractivity contribution in [2.45, 2.75) is 13.1 Å². The van der Waals surface area contributed by atoms with E-state index in [-0.39, 0.29) is 5.56 Å². The summed E-state index contributed by atoms with van der Waals surface area (Å²) in [5.41, 5.74) is 0.644. The summed E-state index contributed by atoms with van der Waals surface area (Å²) in [4.78, 5) is 14.3. The van der Waals surface area contributed by atoms with E-state index in [1.807, 2.05) is 29.5 Å². The SMILES string of the molecule is CN(Cc1cccs1)Cc1ccc(F)cc1C(=O)O. The number of carboxylic acid groups (broad SMARTS) is 1. The molecule has 2 aromatic rings. The topological polar surface area (TPSA) is 40.5 Å². The molecule has 5 heteroatoms. The van der Waals surface area contributed by atoms with Gasteiger partial charge in [-0.15, -0.1) is 11.3 Å². The zero-order chi connectivity index (χ0) is 13.8. The van der Waals surface area contributed by atoms with Crippen LogP contribution in [-0.4, -0.2) is 23.0 Å². The van der Waals surface area contributed by atoms with Crippen LogP contribution in [-0.2, 0) is 13.1 Å².